The molecule has 0 atom stereocenters. The van der Waals surface area contributed by atoms with Gasteiger partial charge in [0.2, 0.25) is 0 Å². The molecule has 1 heterocycles. The van der Waals surface area contributed by atoms with Crippen molar-refractivity contribution in [2.24, 2.45) is 4.99 Å². The minimum absolute atomic E-state index is 0.00512. The van der Waals surface area contributed by atoms with Crippen LogP contribution in [0.4, 0.5) is 0 Å². The summed E-state index contributed by atoms with van der Waals surface area (Å²) in [6, 6.07) is 13.4. The third kappa shape index (κ3) is 10.3. The van der Waals surface area contributed by atoms with Crippen LogP contribution in [-0.2, 0) is 22.6 Å². The van der Waals surface area contributed by atoms with Crippen molar-refractivity contribution in [3.8, 4) is 0 Å². The molecule has 0 aliphatic carbocycles. The summed E-state index contributed by atoms with van der Waals surface area (Å²) in [6.45, 7) is 9.49. The van der Waals surface area contributed by atoms with Gasteiger partial charge in [-0.15, -0.1) is 0 Å². The van der Waals surface area contributed by atoms with Gasteiger partial charge in [-0.1, -0.05) is 43.7 Å². The molecule has 2 aromatic rings. The molecule has 2 rings (SSSR count). The van der Waals surface area contributed by atoms with Crippen LogP contribution in [0, 0.1) is 0 Å². The maximum atomic E-state index is 11.8. The molecule has 7 nitrogen and oxygen atoms in total. The Bertz CT molecular complexity index is 818. The van der Waals surface area contributed by atoms with Crippen LogP contribution in [0.2, 0.25) is 0 Å². The van der Waals surface area contributed by atoms with Crippen molar-refractivity contribution in [3.63, 3.8) is 0 Å². The van der Waals surface area contributed by atoms with Crippen molar-refractivity contribution in [2.45, 2.75) is 39.8 Å². The van der Waals surface area contributed by atoms with Gasteiger partial charge in [-0.2, -0.15) is 0 Å². The Morgan fingerprint density at radius 2 is 1.68 bits per heavy atom. The van der Waals surface area contributed by atoms with Gasteiger partial charge in [0.05, 0.1) is 32.9 Å². The Morgan fingerprint density at radius 3 is 2.39 bits per heavy atom. The molecule has 0 amide bonds. The number of pyridine rings is 1. The first kappa shape index (κ1) is 24.6. The lowest BCUT2D eigenvalue weighted by Crippen LogP contribution is -2.39. The van der Waals surface area contributed by atoms with Crippen LogP contribution in [-0.4, -0.2) is 50.0 Å². The molecule has 1 aromatic carbocycles. The van der Waals surface area contributed by atoms with Crippen molar-refractivity contribution in [2.75, 3.05) is 39.5 Å². The molecule has 0 saturated heterocycles. The molecular formula is C24H36N4O3. The van der Waals surface area contributed by atoms with Crippen LogP contribution in [0.3, 0.4) is 0 Å². The second-order valence-corrected chi connectivity index (χ2v) is 7.18. The zero-order valence-corrected chi connectivity index (χ0v) is 18.8. The largest absolute Gasteiger partial charge is 0.379 e. The van der Waals surface area contributed by atoms with E-state index in [0.717, 1.165) is 43.1 Å². The molecule has 31 heavy (non-hydrogen) atoms. The maximum absolute atomic E-state index is 11.8. The fraction of sp³-hybridized carbons (Fsp3) is 0.500. The van der Waals surface area contributed by atoms with Gasteiger partial charge in [-0.05, 0) is 30.5 Å². The highest BCUT2D eigenvalue weighted by molar-refractivity contribution is 5.79. The number of nitrogens with one attached hydrogen (secondary N) is 2. The number of aromatic nitrogens is 1. The van der Waals surface area contributed by atoms with Crippen LogP contribution in [0.5, 0.6) is 0 Å². The van der Waals surface area contributed by atoms with E-state index in [9.17, 15) is 4.79 Å². The number of benzene rings is 1. The Morgan fingerprint density at radius 1 is 0.935 bits per heavy atom. The highest BCUT2D eigenvalue weighted by Crippen LogP contribution is 2.07. The van der Waals surface area contributed by atoms with Gasteiger partial charge in [0.15, 0.2) is 5.96 Å². The summed E-state index contributed by atoms with van der Waals surface area (Å²) in [5, 5.41) is 6.54. The Kier molecular flexibility index (Phi) is 12.1. The number of rotatable bonds is 14. The minimum Gasteiger partial charge on any atom is -0.379 e. The minimum atomic E-state index is 0.00512. The summed E-state index contributed by atoms with van der Waals surface area (Å²) < 4.78 is 12.8. The Balaban J connectivity index is 1.73. The number of nitrogens with zero attached hydrogens (tertiary/aromatic N) is 2. The van der Waals surface area contributed by atoms with E-state index < -0.39 is 0 Å². The summed E-state index contributed by atoms with van der Waals surface area (Å²) in [5.74, 6) is 0.769. The highest BCUT2D eigenvalue weighted by atomic mass is 16.5. The molecule has 0 bridgehead atoms. The van der Waals surface area contributed by atoms with Gasteiger partial charge in [-0.3, -0.25) is 4.79 Å². The zero-order valence-electron chi connectivity index (χ0n) is 18.8. The van der Waals surface area contributed by atoms with Crippen molar-refractivity contribution >= 4 is 5.96 Å². The van der Waals surface area contributed by atoms with Crippen LogP contribution in [0.15, 0.2) is 58.4 Å². The summed E-state index contributed by atoms with van der Waals surface area (Å²) in [6.07, 6.45) is 4.05. The third-order valence-corrected chi connectivity index (χ3v) is 4.59. The molecule has 0 aliphatic heterocycles. The number of guanidine groups is 1. The van der Waals surface area contributed by atoms with Crippen LogP contribution in [0.25, 0.3) is 0 Å². The second-order valence-electron chi connectivity index (χ2n) is 7.18. The van der Waals surface area contributed by atoms with Gasteiger partial charge >= 0.3 is 0 Å². The molecule has 0 radical (unpaired) electrons. The number of hydrogen-bond donors (Lipinski definition) is 2. The molecule has 2 N–H and O–H groups in total. The van der Waals surface area contributed by atoms with Gasteiger partial charge in [0.1, 0.15) is 0 Å². The standard InChI is InChI=1S/C24H36N4O3/c1-3-5-15-30-17-18-31-16-13-26-24(25-4-2)27-19-21-9-11-22(12-10-21)20-28-14-7-6-8-23(28)29/h6-12,14H,3-5,13,15-20H2,1-2H3,(H2,25,26,27). The first-order valence-electron chi connectivity index (χ1n) is 11.1. The number of unbranched alkanes of at least 4 members (excludes halogenated alkanes) is 1. The lowest BCUT2D eigenvalue weighted by atomic mass is 10.1. The molecule has 0 fully saturated rings. The van der Waals surface area contributed by atoms with E-state index in [4.69, 9.17) is 9.47 Å². The summed E-state index contributed by atoms with van der Waals surface area (Å²) >= 11 is 0. The van der Waals surface area contributed by atoms with Crippen LogP contribution in [0.1, 0.15) is 37.8 Å². The maximum Gasteiger partial charge on any atom is 0.250 e. The lowest BCUT2D eigenvalue weighted by Gasteiger charge is -2.12. The van der Waals surface area contributed by atoms with Crippen LogP contribution < -0.4 is 16.2 Å². The topological polar surface area (TPSA) is 76.9 Å². The van der Waals surface area contributed by atoms with E-state index in [2.05, 4.69) is 34.7 Å². The van der Waals surface area contributed by atoms with Gasteiger partial charge in [-0.25, -0.2) is 4.99 Å². The van der Waals surface area contributed by atoms with E-state index in [1.807, 2.05) is 25.1 Å². The first-order valence-corrected chi connectivity index (χ1v) is 11.1. The fourth-order valence-electron chi connectivity index (χ4n) is 2.86. The normalized spacial score (nSPS) is 11.5. The van der Waals surface area contributed by atoms with Crippen molar-refractivity contribution in [3.05, 3.63) is 70.1 Å². The summed E-state index contributed by atoms with van der Waals surface area (Å²) in [5.41, 5.74) is 2.20. The van der Waals surface area contributed by atoms with Gasteiger partial charge in [0, 0.05) is 32.0 Å². The van der Waals surface area contributed by atoms with E-state index >= 15 is 0 Å². The number of hydrogen-bond acceptors (Lipinski definition) is 4. The van der Waals surface area contributed by atoms with E-state index in [-0.39, 0.29) is 5.56 Å². The smallest absolute Gasteiger partial charge is 0.250 e. The molecule has 7 heteroatoms. The Hall–Kier alpha value is -2.64. The summed E-state index contributed by atoms with van der Waals surface area (Å²) in [7, 11) is 0. The van der Waals surface area contributed by atoms with E-state index in [1.165, 1.54) is 0 Å². The molecular weight excluding hydrogens is 392 g/mol. The quantitative estimate of drug-likeness (QED) is 0.275. The second kappa shape index (κ2) is 15.2. The first-order chi connectivity index (χ1) is 15.2. The van der Waals surface area contributed by atoms with Crippen LogP contribution >= 0.6 is 0 Å². The molecule has 0 aliphatic rings. The van der Waals surface area contributed by atoms with E-state index in [0.29, 0.717) is 39.5 Å². The van der Waals surface area contributed by atoms with Crippen molar-refractivity contribution in [1.82, 2.24) is 15.2 Å². The molecule has 0 spiro atoms. The molecule has 1 aromatic heterocycles. The monoisotopic (exact) mass is 428 g/mol. The van der Waals surface area contributed by atoms with E-state index in [1.54, 1.807) is 22.9 Å². The number of aliphatic imine (C=N–C) groups is 1. The molecule has 170 valence electrons. The predicted molar refractivity (Wildman–Crippen MR) is 126 cm³/mol. The van der Waals surface area contributed by atoms with Gasteiger partial charge < -0.3 is 24.7 Å². The lowest BCUT2D eigenvalue weighted by molar-refractivity contribution is 0.0487. The highest BCUT2D eigenvalue weighted by Gasteiger charge is 2.00. The fourth-order valence-corrected chi connectivity index (χ4v) is 2.86. The predicted octanol–water partition coefficient (Wildman–Crippen LogP) is 2.79. The summed E-state index contributed by atoms with van der Waals surface area (Å²) in [4.78, 5) is 16.5. The van der Waals surface area contributed by atoms with Crippen molar-refractivity contribution < 1.29 is 9.47 Å². The van der Waals surface area contributed by atoms with Gasteiger partial charge in [0.25, 0.3) is 5.56 Å². The molecule has 0 saturated carbocycles. The Labute approximate surface area is 185 Å². The zero-order chi connectivity index (χ0) is 22.2. The number of ether oxygens (including phenoxy) is 2. The average molecular weight is 429 g/mol. The molecule has 0 unspecified atom stereocenters. The SMILES string of the molecule is CCCCOCCOCCNC(=NCc1ccc(Cn2ccccc2=O)cc1)NCC. The average Bonchev–Trinajstić information content (AvgIpc) is 2.78. The third-order valence-electron chi connectivity index (χ3n) is 4.59. The van der Waals surface area contributed by atoms with Crippen molar-refractivity contribution in [1.29, 1.82) is 0 Å².